The van der Waals surface area contributed by atoms with Gasteiger partial charge in [0.25, 0.3) is 10.0 Å². The Bertz CT molecular complexity index is 711. The number of anilines is 1. The summed E-state index contributed by atoms with van der Waals surface area (Å²) in [5, 5.41) is 0. The molecule has 0 unspecified atom stereocenters. The maximum atomic E-state index is 12.2. The van der Waals surface area contributed by atoms with Crippen molar-refractivity contribution < 1.29 is 8.42 Å². The highest BCUT2D eigenvalue weighted by Crippen LogP contribution is 2.32. The smallest absolute Gasteiger partial charge is 0.260 e. The minimum absolute atomic E-state index is 0.144. The molecule has 2 aromatic rings. The Morgan fingerprint density at radius 3 is 2.53 bits per heavy atom. The van der Waals surface area contributed by atoms with Crippen LogP contribution in [-0.4, -0.2) is 18.4 Å². The molecule has 5 nitrogen and oxygen atoms in total. The van der Waals surface area contributed by atoms with E-state index in [9.17, 15) is 8.42 Å². The SMILES string of the molecule is Cc1cc(S(=O)(=O)Nc2ncc(Br)nc2Br)sc1Br. The minimum Gasteiger partial charge on any atom is -0.260 e. The van der Waals surface area contributed by atoms with Crippen LogP contribution in [0, 0.1) is 6.92 Å². The number of hydrogen-bond acceptors (Lipinski definition) is 5. The predicted octanol–water partition coefficient (Wildman–Crippen LogP) is 3.93. The van der Waals surface area contributed by atoms with Crippen LogP contribution in [0.1, 0.15) is 5.56 Å². The van der Waals surface area contributed by atoms with Gasteiger partial charge in [-0.15, -0.1) is 11.3 Å². The Labute approximate surface area is 139 Å². The van der Waals surface area contributed by atoms with Crippen molar-refractivity contribution in [2.24, 2.45) is 0 Å². The number of thiophene rings is 1. The third-order valence-electron chi connectivity index (χ3n) is 2.03. The van der Waals surface area contributed by atoms with Crippen molar-refractivity contribution in [1.29, 1.82) is 0 Å². The lowest BCUT2D eigenvalue weighted by Gasteiger charge is -2.06. The fourth-order valence-electron chi connectivity index (χ4n) is 1.16. The average molecular weight is 492 g/mol. The van der Waals surface area contributed by atoms with E-state index in [2.05, 4.69) is 62.5 Å². The second-order valence-electron chi connectivity index (χ2n) is 3.46. The van der Waals surface area contributed by atoms with Crippen LogP contribution in [0.5, 0.6) is 0 Å². The molecule has 19 heavy (non-hydrogen) atoms. The van der Waals surface area contributed by atoms with E-state index in [0.717, 1.165) is 20.7 Å². The maximum Gasteiger partial charge on any atom is 0.272 e. The number of hydrogen-bond donors (Lipinski definition) is 1. The van der Waals surface area contributed by atoms with Gasteiger partial charge in [-0.3, -0.25) is 4.72 Å². The highest BCUT2D eigenvalue weighted by molar-refractivity contribution is 9.11. The molecule has 0 saturated carbocycles. The molecule has 2 heterocycles. The Morgan fingerprint density at radius 2 is 2.00 bits per heavy atom. The summed E-state index contributed by atoms with van der Waals surface area (Å²) in [6, 6.07) is 1.59. The predicted molar refractivity (Wildman–Crippen MR) is 85.0 cm³/mol. The van der Waals surface area contributed by atoms with Crippen LogP contribution in [0.25, 0.3) is 0 Å². The molecule has 0 aromatic carbocycles. The molecule has 2 rings (SSSR count). The van der Waals surface area contributed by atoms with Gasteiger partial charge in [-0.05, 0) is 66.3 Å². The Kier molecular flexibility index (Phi) is 4.66. The average Bonchev–Trinajstić information content (AvgIpc) is 2.64. The van der Waals surface area contributed by atoms with Gasteiger partial charge < -0.3 is 0 Å². The van der Waals surface area contributed by atoms with E-state index in [0.29, 0.717) is 9.21 Å². The first-order valence-corrected chi connectivity index (χ1v) is 9.44. The molecule has 0 amide bonds. The molecule has 0 saturated heterocycles. The van der Waals surface area contributed by atoms with Gasteiger partial charge in [-0.2, -0.15) is 0 Å². The quantitative estimate of drug-likeness (QED) is 0.706. The van der Waals surface area contributed by atoms with Crippen LogP contribution in [0.2, 0.25) is 0 Å². The zero-order valence-electron chi connectivity index (χ0n) is 9.32. The monoisotopic (exact) mass is 489 g/mol. The summed E-state index contributed by atoms with van der Waals surface area (Å²) >= 11 is 10.7. The van der Waals surface area contributed by atoms with E-state index < -0.39 is 10.0 Å². The van der Waals surface area contributed by atoms with Crippen molar-refractivity contribution in [3.8, 4) is 0 Å². The molecule has 1 N–H and O–H groups in total. The van der Waals surface area contributed by atoms with Gasteiger partial charge in [-0.25, -0.2) is 18.4 Å². The van der Waals surface area contributed by atoms with Gasteiger partial charge in [0, 0.05) is 0 Å². The number of halogens is 3. The van der Waals surface area contributed by atoms with Crippen molar-refractivity contribution in [3.63, 3.8) is 0 Å². The van der Waals surface area contributed by atoms with Crippen molar-refractivity contribution in [3.05, 3.63) is 30.8 Å². The third kappa shape index (κ3) is 3.54. The molecule has 0 spiro atoms. The molecule has 0 aliphatic carbocycles. The van der Waals surface area contributed by atoms with Gasteiger partial charge in [0.1, 0.15) is 8.81 Å². The number of sulfonamides is 1. The summed E-state index contributed by atoms with van der Waals surface area (Å²) in [6.45, 7) is 1.83. The van der Waals surface area contributed by atoms with Gasteiger partial charge >= 0.3 is 0 Å². The fraction of sp³-hybridized carbons (Fsp3) is 0.111. The lowest BCUT2D eigenvalue weighted by atomic mass is 10.4. The van der Waals surface area contributed by atoms with Crippen LogP contribution in [0.3, 0.4) is 0 Å². The summed E-state index contributed by atoms with van der Waals surface area (Å²) in [6.07, 6.45) is 1.41. The molecule has 0 aliphatic heterocycles. The number of rotatable bonds is 3. The fourth-order valence-corrected chi connectivity index (χ4v) is 5.44. The molecular formula is C9H6Br3N3O2S2. The molecule has 0 atom stereocenters. The Hall–Kier alpha value is -0.0300. The Morgan fingerprint density at radius 1 is 1.32 bits per heavy atom. The van der Waals surface area contributed by atoms with Crippen molar-refractivity contribution in [2.75, 3.05) is 4.72 Å². The second kappa shape index (κ2) is 5.76. The van der Waals surface area contributed by atoms with Crippen LogP contribution < -0.4 is 4.72 Å². The van der Waals surface area contributed by atoms with Crippen molar-refractivity contribution >= 4 is 75.0 Å². The minimum atomic E-state index is -3.66. The van der Waals surface area contributed by atoms with E-state index in [-0.39, 0.29) is 10.0 Å². The lowest BCUT2D eigenvalue weighted by Crippen LogP contribution is -2.13. The Balaban J connectivity index is 2.36. The first kappa shape index (κ1) is 15.4. The van der Waals surface area contributed by atoms with Gasteiger partial charge in [0.15, 0.2) is 10.4 Å². The zero-order chi connectivity index (χ0) is 14.2. The summed E-state index contributed by atoms with van der Waals surface area (Å²) in [7, 11) is -3.66. The summed E-state index contributed by atoms with van der Waals surface area (Å²) in [5.74, 6) is 0.144. The highest BCUT2D eigenvalue weighted by atomic mass is 79.9. The van der Waals surface area contributed by atoms with Gasteiger partial charge in [0.05, 0.1) is 9.98 Å². The standard InChI is InChI=1S/C9H6Br3N3O2S2/c1-4-2-6(18-8(4)12)19(16,17)15-9-7(11)14-5(10)3-13-9/h2-3H,1H3,(H,13,15). The summed E-state index contributed by atoms with van der Waals surface area (Å²) < 4.78 is 28.6. The molecule has 10 heteroatoms. The van der Waals surface area contributed by atoms with E-state index in [1.54, 1.807) is 6.07 Å². The largest absolute Gasteiger partial charge is 0.272 e. The first-order valence-electron chi connectivity index (χ1n) is 4.76. The van der Waals surface area contributed by atoms with Crippen molar-refractivity contribution in [1.82, 2.24) is 9.97 Å². The number of nitrogens with one attached hydrogen (secondary N) is 1. The van der Waals surface area contributed by atoms with Gasteiger partial charge in [-0.1, -0.05) is 0 Å². The molecule has 0 bridgehead atoms. The van der Waals surface area contributed by atoms with E-state index in [1.807, 2.05) is 6.92 Å². The van der Waals surface area contributed by atoms with Crippen LogP contribution >= 0.6 is 59.1 Å². The first-order chi connectivity index (χ1) is 8.79. The van der Waals surface area contributed by atoms with Crippen LogP contribution in [-0.2, 0) is 10.0 Å². The lowest BCUT2D eigenvalue weighted by molar-refractivity contribution is 0.603. The second-order valence-corrected chi connectivity index (χ2v) is 9.30. The topological polar surface area (TPSA) is 72.0 Å². The zero-order valence-corrected chi connectivity index (χ0v) is 15.7. The van der Waals surface area contributed by atoms with E-state index in [4.69, 9.17) is 0 Å². The number of nitrogens with zero attached hydrogens (tertiary/aromatic N) is 2. The van der Waals surface area contributed by atoms with E-state index in [1.165, 1.54) is 6.20 Å². The number of aromatic nitrogens is 2. The maximum absolute atomic E-state index is 12.2. The number of aryl methyl sites for hydroxylation is 1. The van der Waals surface area contributed by atoms with Crippen LogP contribution in [0.15, 0.2) is 29.5 Å². The molecule has 2 aromatic heterocycles. The molecule has 0 fully saturated rings. The normalized spacial score (nSPS) is 11.6. The van der Waals surface area contributed by atoms with E-state index >= 15 is 0 Å². The summed E-state index contributed by atoms with van der Waals surface area (Å²) in [5.41, 5.74) is 0.867. The molecule has 0 aliphatic rings. The highest BCUT2D eigenvalue weighted by Gasteiger charge is 2.20. The molecular weight excluding hydrogens is 486 g/mol. The summed E-state index contributed by atoms with van der Waals surface area (Å²) in [4.78, 5) is 7.98. The van der Waals surface area contributed by atoms with Crippen LogP contribution in [0.4, 0.5) is 5.82 Å². The molecule has 0 radical (unpaired) electrons. The third-order valence-corrected chi connectivity index (χ3v) is 6.92. The molecule has 102 valence electrons. The van der Waals surface area contributed by atoms with Crippen molar-refractivity contribution in [2.45, 2.75) is 11.1 Å². The van der Waals surface area contributed by atoms with Gasteiger partial charge in [0.2, 0.25) is 0 Å².